The number of halogens is 1. The number of carboxylic acid groups (broad SMARTS) is 1. The van der Waals surface area contributed by atoms with Crippen LogP contribution in [0.25, 0.3) is 10.9 Å². The van der Waals surface area contributed by atoms with Crippen LogP contribution in [-0.4, -0.2) is 27.6 Å². The molecule has 0 radical (unpaired) electrons. The molecule has 1 aromatic carbocycles. The van der Waals surface area contributed by atoms with E-state index in [2.05, 4.69) is 5.32 Å². The Bertz CT molecular complexity index is 721. The first-order chi connectivity index (χ1) is 10.3. The number of fused-ring (bicyclic) bond motifs is 1. The fraction of sp³-hybridized carbons (Fsp3) is 0.375. The number of rotatable bonds is 5. The number of aliphatic carboxylic acids is 1. The Morgan fingerprint density at radius 2 is 2.00 bits per heavy atom. The lowest BCUT2D eigenvalue weighted by Crippen LogP contribution is -2.42. The standard InChI is InChI=1S/C16H19FN2O3/c1-9(2)6-12(16(21)22)18-15(20)14-8-10-7-11(17)4-5-13(10)19(14)3/h4-5,7-9,12H,6H2,1-3H3,(H,18,20)(H,21,22)/t12-/m0/s1. The molecule has 1 heterocycles. The van der Waals surface area contributed by atoms with Crippen LogP contribution < -0.4 is 5.32 Å². The maximum atomic E-state index is 13.3. The van der Waals surface area contributed by atoms with E-state index in [1.165, 1.54) is 12.1 Å². The summed E-state index contributed by atoms with van der Waals surface area (Å²) >= 11 is 0. The summed E-state index contributed by atoms with van der Waals surface area (Å²) in [6, 6.07) is 4.87. The lowest BCUT2D eigenvalue weighted by atomic mass is 10.0. The van der Waals surface area contributed by atoms with Gasteiger partial charge in [-0.15, -0.1) is 0 Å². The van der Waals surface area contributed by atoms with Crippen molar-refractivity contribution in [2.24, 2.45) is 13.0 Å². The lowest BCUT2D eigenvalue weighted by Gasteiger charge is -2.16. The van der Waals surface area contributed by atoms with Crippen molar-refractivity contribution >= 4 is 22.8 Å². The predicted molar refractivity (Wildman–Crippen MR) is 81.2 cm³/mol. The second-order valence-electron chi connectivity index (χ2n) is 5.79. The Morgan fingerprint density at radius 3 is 2.59 bits per heavy atom. The molecule has 0 saturated heterocycles. The molecule has 0 aliphatic carbocycles. The SMILES string of the molecule is CC(C)C[C@H](NC(=O)c1cc2cc(F)ccc2n1C)C(=O)O. The summed E-state index contributed by atoms with van der Waals surface area (Å²) in [5.74, 6) is -1.78. The number of hydrogen-bond donors (Lipinski definition) is 2. The molecule has 0 aliphatic rings. The van der Waals surface area contributed by atoms with Gasteiger partial charge in [0.05, 0.1) is 0 Å². The van der Waals surface area contributed by atoms with Gasteiger partial charge in [-0.2, -0.15) is 0 Å². The smallest absolute Gasteiger partial charge is 0.326 e. The van der Waals surface area contributed by atoms with Crippen molar-refractivity contribution in [3.63, 3.8) is 0 Å². The molecule has 2 N–H and O–H groups in total. The summed E-state index contributed by atoms with van der Waals surface area (Å²) in [5.41, 5.74) is 1.01. The molecule has 22 heavy (non-hydrogen) atoms. The van der Waals surface area contributed by atoms with E-state index >= 15 is 0 Å². The number of nitrogens with one attached hydrogen (secondary N) is 1. The van der Waals surface area contributed by atoms with E-state index in [0.29, 0.717) is 23.0 Å². The minimum atomic E-state index is -1.06. The molecular formula is C16H19FN2O3. The van der Waals surface area contributed by atoms with Gasteiger partial charge in [0.15, 0.2) is 0 Å². The first-order valence-corrected chi connectivity index (χ1v) is 7.08. The van der Waals surface area contributed by atoms with E-state index in [0.717, 1.165) is 0 Å². The number of carbonyl (C=O) groups is 2. The van der Waals surface area contributed by atoms with Crippen molar-refractivity contribution in [1.82, 2.24) is 9.88 Å². The zero-order valence-corrected chi connectivity index (χ0v) is 12.8. The number of hydrogen-bond acceptors (Lipinski definition) is 2. The van der Waals surface area contributed by atoms with Crippen molar-refractivity contribution in [3.8, 4) is 0 Å². The molecular weight excluding hydrogens is 287 g/mol. The molecule has 1 aromatic heterocycles. The van der Waals surface area contributed by atoms with Gasteiger partial charge < -0.3 is 15.0 Å². The third-order valence-electron chi connectivity index (χ3n) is 3.55. The minimum absolute atomic E-state index is 0.142. The molecule has 2 aromatic rings. The number of nitrogens with zero attached hydrogens (tertiary/aromatic N) is 1. The van der Waals surface area contributed by atoms with Crippen LogP contribution in [0.1, 0.15) is 30.8 Å². The van der Waals surface area contributed by atoms with Crippen LogP contribution in [0.3, 0.4) is 0 Å². The number of amides is 1. The molecule has 0 fully saturated rings. The summed E-state index contributed by atoms with van der Waals surface area (Å²) in [4.78, 5) is 23.6. The van der Waals surface area contributed by atoms with Crippen molar-refractivity contribution < 1.29 is 19.1 Å². The molecule has 6 heteroatoms. The zero-order chi connectivity index (χ0) is 16.4. The number of carbonyl (C=O) groups excluding carboxylic acids is 1. The van der Waals surface area contributed by atoms with Gasteiger partial charge in [0.25, 0.3) is 5.91 Å². The Balaban J connectivity index is 2.29. The Labute approximate surface area is 127 Å². The van der Waals surface area contributed by atoms with Crippen LogP contribution in [0.15, 0.2) is 24.3 Å². The molecule has 1 amide bonds. The van der Waals surface area contributed by atoms with Gasteiger partial charge in [-0.05, 0) is 36.6 Å². The Morgan fingerprint density at radius 1 is 1.32 bits per heavy atom. The quantitative estimate of drug-likeness (QED) is 0.891. The number of aryl methyl sites for hydroxylation is 1. The third-order valence-corrected chi connectivity index (χ3v) is 3.55. The van der Waals surface area contributed by atoms with E-state index in [9.17, 15) is 19.1 Å². The fourth-order valence-electron chi connectivity index (χ4n) is 2.46. The van der Waals surface area contributed by atoms with Crippen LogP contribution in [-0.2, 0) is 11.8 Å². The molecule has 0 saturated carbocycles. The lowest BCUT2D eigenvalue weighted by molar-refractivity contribution is -0.139. The molecule has 0 bridgehead atoms. The van der Waals surface area contributed by atoms with E-state index in [4.69, 9.17) is 0 Å². The maximum absolute atomic E-state index is 13.3. The Hall–Kier alpha value is -2.37. The van der Waals surface area contributed by atoms with Crippen molar-refractivity contribution in [2.45, 2.75) is 26.3 Å². The largest absolute Gasteiger partial charge is 0.480 e. The van der Waals surface area contributed by atoms with Crippen molar-refractivity contribution in [3.05, 3.63) is 35.8 Å². The number of carboxylic acids is 1. The predicted octanol–water partition coefficient (Wildman–Crippen LogP) is 2.55. The molecule has 5 nitrogen and oxygen atoms in total. The first kappa shape index (κ1) is 16.0. The van der Waals surface area contributed by atoms with Crippen LogP contribution in [0, 0.1) is 11.7 Å². The third kappa shape index (κ3) is 3.27. The number of benzene rings is 1. The summed E-state index contributed by atoms with van der Waals surface area (Å²) in [5, 5.41) is 12.3. The average Bonchev–Trinajstić information content (AvgIpc) is 2.74. The van der Waals surface area contributed by atoms with E-state index in [-0.39, 0.29) is 11.7 Å². The van der Waals surface area contributed by atoms with Gasteiger partial charge in [-0.1, -0.05) is 13.8 Å². The van der Waals surface area contributed by atoms with Gasteiger partial charge in [0, 0.05) is 18.0 Å². The summed E-state index contributed by atoms with van der Waals surface area (Å²) in [7, 11) is 1.69. The van der Waals surface area contributed by atoms with Crippen LogP contribution in [0.5, 0.6) is 0 Å². The van der Waals surface area contributed by atoms with E-state index in [1.807, 2.05) is 13.8 Å². The summed E-state index contributed by atoms with van der Waals surface area (Å²) < 4.78 is 14.9. The second-order valence-corrected chi connectivity index (χ2v) is 5.79. The highest BCUT2D eigenvalue weighted by atomic mass is 19.1. The second kappa shape index (κ2) is 6.17. The van der Waals surface area contributed by atoms with Gasteiger partial charge in [-0.25, -0.2) is 9.18 Å². The van der Waals surface area contributed by atoms with Crippen LogP contribution >= 0.6 is 0 Å². The maximum Gasteiger partial charge on any atom is 0.326 e. The highest BCUT2D eigenvalue weighted by Gasteiger charge is 2.23. The molecule has 0 unspecified atom stereocenters. The summed E-state index contributed by atoms with van der Waals surface area (Å²) in [6.45, 7) is 3.78. The zero-order valence-electron chi connectivity index (χ0n) is 12.8. The summed E-state index contributed by atoms with van der Waals surface area (Å²) in [6.07, 6.45) is 0.347. The fourth-order valence-corrected chi connectivity index (χ4v) is 2.46. The van der Waals surface area contributed by atoms with E-state index < -0.39 is 17.9 Å². The van der Waals surface area contributed by atoms with Gasteiger partial charge in [0.1, 0.15) is 17.6 Å². The number of aromatic nitrogens is 1. The van der Waals surface area contributed by atoms with Crippen LogP contribution in [0.4, 0.5) is 4.39 Å². The molecule has 2 rings (SSSR count). The normalized spacial score (nSPS) is 12.6. The molecule has 118 valence electrons. The molecule has 1 atom stereocenters. The topological polar surface area (TPSA) is 71.3 Å². The average molecular weight is 306 g/mol. The molecule has 0 aliphatic heterocycles. The van der Waals surface area contributed by atoms with Gasteiger partial charge >= 0.3 is 5.97 Å². The van der Waals surface area contributed by atoms with Crippen LogP contribution in [0.2, 0.25) is 0 Å². The highest BCUT2D eigenvalue weighted by molar-refractivity contribution is 6.00. The van der Waals surface area contributed by atoms with Crippen molar-refractivity contribution in [2.75, 3.05) is 0 Å². The molecule has 0 spiro atoms. The monoisotopic (exact) mass is 306 g/mol. The Kier molecular flexibility index (Phi) is 4.49. The first-order valence-electron chi connectivity index (χ1n) is 7.08. The minimum Gasteiger partial charge on any atom is -0.480 e. The van der Waals surface area contributed by atoms with E-state index in [1.54, 1.807) is 23.7 Å². The van der Waals surface area contributed by atoms with Gasteiger partial charge in [-0.3, -0.25) is 4.79 Å². The highest BCUT2D eigenvalue weighted by Crippen LogP contribution is 2.20. The van der Waals surface area contributed by atoms with Crippen molar-refractivity contribution in [1.29, 1.82) is 0 Å². The van der Waals surface area contributed by atoms with Gasteiger partial charge in [0.2, 0.25) is 0 Å².